The van der Waals surface area contributed by atoms with Crippen LogP contribution in [0.15, 0.2) is 24.3 Å². The minimum atomic E-state index is -4.35. The molecule has 1 heterocycles. The number of halogens is 4. The molecule has 1 saturated heterocycles. The average molecular weight is 467 g/mol. The molecule has 0 radical (unpaired) electrons. The van der Waals surface area contributed by atoms with E-state index in [-0.39, 0.29) is 24.9 Å². The summed E-state index contributed by atoms with van der Waals surface area (Å²) in [5, 5.41) is 9.71. The van der Waals surface area contributed by atoms with Crippen molar-refractivity contribution in [1.29, 1.82) is 0 Å². The van der Waals surface area contributed by atoms with Gasteiger partial charge in [-0.2, -0.15) is 13.2 Å². The van der Waals surface area contributed by atoms with Crippen LogP contribution < -0.4 is 0 Å². The van der Waals surface area contributed by atoms with Crippen molar-refractivity contribution in [3.63, 3.8) is 0 Å². The summed E-state index contributed by atoms with van der Waals surface area (Å²) >= 11 is 6.95. The Hall–Kier alpha value is -1.45. The third kappa shape index (κ3) is 6.78. The van der Waals surface area contributed by atoms with Gasteiger partial charge in [0.2, 0.25) is 5.91 Å². The van der Waals surface area contributed by atoms with Gasteiger partial charge >= 0.3 is 12.1 Å². The molecule has 0 spiro atoms. The summed E-state index contributed by atoms with van der Waals surface area (Å²) in [6.45, 7) is 0.771. The molecule has 5 nitrogen and oxygen atoms in total. The lowest BCUT2D eigenvalue weighted by Gasteiger charge is -2.45. The van der Waals surface area contributed by atoms with E-state index < -0.39 is 30.7 Å². The van der Waals surface area contributed by atoms with E-state index in [1.807, 2.05) is 6.92 Å². The highest BCUT2D eigenvalue weighted by Gasteiger charge is 2.41. The fraction of sp³-hybridized carbons (Fsp3) is 0.600. The van der Waals surface area contributed by atoms with E-state index in [1.54, 1.807) is 35.4 Å². The number of nitrogens with zero attached hydrogens (tertiary/aromatic N) is 2. The maximum Gasteiger partial charge on any atom is 0.402 e. The zero-order valence-corrected chi connectivity index (χ0v) is 18.4. The van der Waals surface area contributed by atoms with Crippen LogP contribution in [0.2, 0.25) is 5.02 Å². The Bertz CT molecular complexity index is 733. The number of likely N-dealkylation sites (tertiary alicyclic amines) is 1. The molecule has 0 aromatic heterocycles. The molecular formula is C20H26ClF3N2O3S. The first-order valence-corrected chi connectivity index (χ1v) is 11.3. The van der Waals surface area contributed by atoms with Gasteiger partial charge in [0.25, 0.3) is 0 Å². The minimum Gasteiger partial charge on any atom is -0.481 e. The number of hydrogen-bond acceptors (Lipinski definition) is 4. The van der Waals surface area contributed by atoms with Crippen molar-refractivity contribution in [2.45, 2.75) is 50.9 Å². The number of hydrogen-bond donors (Lipinski definition) is 1. The van der Waals surface area contributed by atoms with Gasteiger partial charge in [0.05, 0.1) is 12.5 Å². The predicted octanol–water partition coefficient (Wildman–Crippen LogP) is 5.02. The Morgan fingerprint density at radius 3 is 2.47 bits per heavy atom. The maximum atomic E-state index is 13.3. The second-order valence-electron chi connectivity index (χ2n) is 7.37. The van der Waals surface area contributed by atoms with Crippen molar-refractivity contribution in [2.24, 2.45) is 5.92 Å². The van der Waals surface area contributed by atoms with Gasteiger partial charge in [0.1, 0.15) is 6.54 Å². The normalized spacial score (nSPS) is 21.2. The number of carbonyl (C=O) groups is 2. The molecule has 1 aliphatic rings. The number of carboxylic acid groups (broad SMARTS) is 1. The van der Waals surface area contributed by atoms with Crippen LogP contribution in [0, 0.1) is 5.92 Å². The Balaban J connectivity index is 2.34. The summed E-state index contributed by atoms with van der Waals surface area (Å²) < 4.78 is 40.0. The largest absolute Gasteiger partial charge is 0.481 e. The SMILES string of the molecule is CC[C@@H](CN(CC(F)(F)F)SC)N1C(=O)C(CC(=O)O)CCC1c1ccc(Cl)cc1. The number of amides is 1. The van der Waals surface area contributed by atoms with Gasteiger partial charge in [0, 0.05) is 23.5 Å². The van der Waals surface area contributed by atoms with Crippen molar-refractivity contribution in [1.82, 2.24) is 9.21 Å². The quantitative estimate of drug-likeness (QED) is 0.518. The first-order valence-electron chi connectivity index (χ1n) is 9.71. The van der Waals surface area contributed by atoms with E-state index in [0.717, 1.165) is 17.5 Å². The van der Waals surface area contributed by atoms with Gasteiger partial charge in [-0.15, -0.1) is 0 Å². The molecule has 1 aliphatic heterocycles. The van der Waals surface area contributed by atoms with Crippen LogP contribution >= 0.6 is 23.5 Å². The fourth-order valence-electron chi connectivity index (χ4n) is 3.89. The Kier molecular flexibility index (Phi) is 8.87. The first-order chi connectivity index (χ1) is 14.1. The lowest BCUT2D eigenvalue weighted by Crippen LogP contribution is -2.52. The molecule has 2 unspecified atom stereocenters. The molecule has 1 fully saturated rings. The molecule has 0 aliphatic carbocycles. The smallest absolute Gasteiger partial charge is 0.402 e. The van der Waals surface area contributed by atoms with Crippen LogP contribution in [0.1, 0.15) is 44.2 Å². The monoisotopic (exact) mass is 466 g/mol. The molecule has 2 rings (SSSR count). The van der Waals surface area contributed by atoms with Crippen molar-refractivity contribution >= 4 is 35.4 Å². The zero-order chi connectivity index (χ0) is 22.5. The summed E-state index contributed by atoms with van der Waals surface area (Å²) in [5.74, 6) is -2.05. The number of alkyl halides is 3. The number of carbonyl (C=O) groups excluding carboxylic acids is 1. The second kappa shape index (κ2) is 10.7. The molecule has 1 aromatic rings. The summed E-state index contributed by atoms with van der Waals surface area (Å²) in [5.41, 5.74) is 0.839. The highest BCUT2D eigenvalue weighted by molar-refractivity contribution is 7.96. The van der Waals surface area contributed by atoms with E-state index >= 15 is 0 Å². The number of aliphatic carboxylic acids is 1. The predicted molar refractivity (Wildman–Crippen MR) is 111 cm³/mol. The summed E-state index contributed by atoms with van der Waals surface area (Å²) in [6.07, 6.45) is -1.66. The maximum absolute atomic E-state index is 13.3. The van der Waals surface area contributed by atoms with E-state index in [9.17, 15) is 22.8 Å². The standard InChI is InChI=1S/C20H26ClF3N2O3S/c1-3-16(11-25(30-2)12-20(22,23)24)26-17(13-4-7-15(21)8-5-13)9-6-14(19(26)29)10-18(27)28/h4-5,7-8,14,16-17H,3,6,9-12H2,1-2H3,(H,27,28)/t14?,16-,17?/m0/s1. The van der Waals surface area contributed by atoms with Gasteiger partial charge in [0.15, 0.2) is 0 Å². The number of piperidine rings is 1. The molecule has 1 N–H and O–H groups in total. The van der Waals surface area contributed by atoms with Crippen molar-refractivity contribution in [3.8, 4) is 0 Å². The van der Waals surface area contributed by atoms with E-state index in [4.69, 9.17) is 16.7 Å². The third-order valence-corrected chi connectivity index (χ3v) is 6.34. The molecule has 3 atom stereocenters. The molecule has 1 amide bonds. The lowest BCUT2D eigenvalue weighted by atomic mass is 9.85. The molecule has 0 saturated carbocycles. The second-order valence-corrected chi connectivity index (χ2v) is 8.69. The van der Waals surface area contributed by atoms with Crippen LogP contribution in [0.5, 0.6) is 0 Å². The van der Waals surface area contributed by atoms with Gasteiger partial charge < -0.3 is 10.0 Å². The van der Waals surface area contributed by atoms with Crippen LogP contribution in [0.4, 0.5) is 13.2 Å². The van der Waals surface area contributed by atoms with Crippen molar-refractivity contribution in [2.75, 3.05) is 19.3 Å². The third-order valence-electron chi connectivity index (χ3n) is 5.30. The van der Waals surface area contributed by atoms with E-state index in [0.29, 0.717) is 24.3 Å². The summed E-state index contributed by atoms with van der Waals surface area (Å²) in [6, 6.07) is 6.21. The van der Waals surface area contributed by atoms with Gasteiger partial charge in [-0.3, -0.25) is 9.59 Å². The van der Waals surface area contributed by atoms with Gasteiger partial charge in [-0.1, -0.05) is 42.6 Å². The Morgan fingerprint density at radius 2 is 1.97 bits per heavy atom. The Labute approximate surface area is 183 Å². The van der Waals surface area contributed by atoms with Crippen LogP contribution in [-0.4, -0.2) is 57.8 Å². The summed E-state index contributed by atoms with van der Waals surface area (Å²) in [7, 11) is 0. The number of benzene rings is 1. The molecular weight excluding hydrogens is 441 g/mol. The topological polar surface area (TPSA) is 60.9 Å². The zero-order valence-electron chi connectivity index (χ0n) is 16.9. The van der Waals surface area contributed by atoms with Gasteiger partial charge in [-0.05, 0) is 43.2 Å². The number of rotatable bonds is 9. The van der Waals surface area contributed by atoms with Crippen LogP contribution in [0.3, 0.4) is 0 Å². The van der Waals surface area contributed by atoms with E-state index in [2.05, 4.69) is 0 Å². The Morgan fingerprint density at radius 1 is 1.33 bits per heavy atom. The van der Waals surface area contributed by atoms with Crippen LogP contribution in [0.25, 0.3) is 0 Å². The molecule has 1 aromatic carbocycles. The van der Waals surface area contributed by atoms with Crippen molar-refractivity contribution in [3.05, 3.63) is 34.9 Å². The van der Waals surface area contributed by atoms with Crippen molar-refractivity contribution < 1.29 is 27.9 Å². The highest BCUT2D eigenvalue weighted by Crippen LogP contribution is 2.38. The number of carboxylic acids is 1. The molecule has 10 heteroatoms. The van der Waals surface area contributed by atoms with E-state index in [1.165, 1.54) is 4.31 Å². The minimum absolute atomic E-state index is 0.0345. The van der Waals surface area contributed by atoms with Gasteiger partial charge in [-0.25, -0.2) is 4.31 Å². The highest BCUT2D eigenvalue weighted by atomic mass is 35.5. The average Bonchev–Trinajstić information content (AvgIpc) is 2.66. The van der Waals surface area contributed by atoms with Crippen LogP contribution in [-0.2, 0) is 9.59 Å². The fourth-order valence-corrected chi connectivity index (χ4v) is 4.61. The molecule has 0 bridgehead atoms. The first kappa shape index (κ1) is 24.8. The molecule has 168 valence electrons. The lowest BCUT2D eigenvalue weighted by molar-refractivity contribution is -0.152. The molecule has 30 heavy (non-hydrogen) atoms. The summed E-state index contributed by atoms with van der Waals surface area (Å²) in [4.78, 5) is 26.1.